The maximum absolute atomic E-state index is 12.4. The highest BCUT2D eigenvalue weighted by Crippen LogP contribution is 2.27. The first-order valence-electron chi connectivity index (χ1n) is 7.45. The number of aryl methyl sites for hydroxylation is 2. The van der Waals surface area contributed by atoms with E-state index in [2.05, 4.69) is 10.2 Å². The Morgan fingerprint density at radius 2 is 1.91 bits per heavy atom. The van der Waals surface area contributed by atoms with Gasteiger partial charge in [0, 0.05) is 13.1 Å². The van der Waals surface area contributed by atoms with Crippen molar-refractivity contribution in [3.63, 3.8) is 0 Å². The lowest BCUT2D eigenvalue weighted by Crippen LogP contribution is -2.36. The molecule has 5 heteroatoms. The predicted molar refractivity (Wildman–Crippen MR) is 85.6 cm³/mol. The fourth-order valence-corrected chi connectivity index (χ4v) is 2.53. The SMILES string of the molecule is Cc1cc(C(=O)Nc2ccccc2N2CCOCC2)oc1C. The van der Waals surface area contributed by atoms with Crippen molar-refractivity contribution < 1.29 is 13.9 Å². The molecule has 0 unspecified atom stereocenters. The van der Waals surface area contributed by atoms with Crippen LogP contribution in [0.5, 0.6) is 0 Å². The van der Waals surface area contributed by atoms with Gasteiger partial charge in [-0.05, 0) is 37.6 Å². The second-order valence-corrected chi connectivity index (χ2v) is 5.42. The first kappa shape index (κ1) is 14.7. The van der Waals surface area contributed by atoms with E-state index in [1.54, 1.807) is 6.07 Å². The number of para-hydroxylation sites is 2. The van der Waals surface area contributed by atoms with Gasteiger partial charge in [-0.1, -0.05) is 12.1 Å². The summed E-state index contributed by atoms with van der Waals surface area (Å²) in [5.74, 6) is 0.885. The summed E-state index contributed by atoms with van der Waals surface area (Å²) in [6, 6.07) is 9.58. The van der Waals surface area contributed by atoms with Gasteiger partial charge in [-0.2, -0.15) is 0 Å². The number of rotatable bonds is 3. The Morgan fingerprint density at radius 1 is 1.18 bits per heavy atom. The quantitative estimate of drug-likeness (QED) is 0.947. The van der Waals surface area contributed by atoms with Gasteiger partial charge >= 0.3 is 0 Å². The molecular formula is C17H20N2O3. The van der Waals surface area contributed by atoms with Crippen LogP contribution in [0.4, 0.5) is 11.4 Å². The average molecular weight is 300 g/mol. The zero-order chi connectivity index (χ0) is 15.5. The van der Waals surface area contributed by atoms with Crippen LogP contribution in [0.25, 0.3) is 0 Å². The molecule has 1 fully saturated rings. The Morgan fingerprint density at radius 3 is 2.59 bits per heavy atom. The Hall–Kier alpha value is -2.27. The largest absolute Gasteiger partial charge is 0.456 e. The fourth-order valence-electron chi connectivity index (χ4n) is 2.53. The smallest absolute Gasteiger partial charge is 0.291 e. The summed E-state index contributed by atoms with van der Waals surface area (Å²) in [5, 5.41) is 2.95. The molecule has 3 rings (SSSR count). The van der Waals surface area contributed by atoms with E-state index in [0.29, 0.717) is 19.0 Å². The van der Waals surface area contributed by atoms with Crippen molar-refractivity contribution in [1.29, 1.82) is 0 Å². The van der Waals surface area contributed by atoms with Crippen molar-refractivity contribution in [3.8, 4) is 0 Å². The molecule has 1 saturated heterocycles. The molecule has 0 aliphatic carbocycles. The highest BCUT2D eigenvalue weighted by Gasteiger charge is 2.18. The molecule has 0 atom stereocenters. The zero-order valence-corrected chi connectivity index (χ0v) is 12.9. The Labute approximate surface area is 129 Å². The maximum Gasteiger partial charge on any atom is 0.291 e. The summed E-state index contributed by atoms with van der Waals surface area (Å²) in [6.07, 6.45) is 0. The standard InChI is InChI=1S/C17H20N2O3/c1-12-11-16(22-13(12)2)17(20)18-14-5-3-4-6-15(14)19-7-9-21-10-8-19/h3-6,11H,7-10H2,1-2H3,(H,18,20). The van der Waals surface area contributed by atoms with Crippen LogP contribution >= 0.6 is 0 Å². The molecule has 0 bridgehead atoms. The molecule has 0 saturated carbocycles. The summed E-state index contributed by atoms with van der Waals surface area (Å²) < 4.78 is 10.9. The van der Waals surface area contributed by atoms with Crippen LogP contribution in [-0.2, 0) is 4.74 Å². The van der Waals surface area contributed by atoms with Crippen molar-refractivity contribution >= 4 is 17.3 Å². The molecule has 1 N–H and O–H groups in total. The van der Waals surface area contributed by atoms with Crippen LogP contribution in [-0.4, -0.2) is 32.2 Å². The Bertz CT molecular complexity index is 653. The summed E-state index contributed by atoms with van der Waals surface area (Å²) >= 11 is 0. The lowest BCUT2D eigenvalue weighted by molar-refractivity contribution is 0.0995. The van der Waals surface area contributed by atoms with Gasteiger partial charge in [0.25, 0.3) is 5.91 Å². The Balaban J connectivity index is 1.81. The molecule has 0 radical (unpaired) electrons. The van der Waals surface area contributed by atoms with E-state index in [0.717, 1.165) is 35.8 Å². The van der Waals surface area contributed by atoms with Crippen molar-refractivity contribution in [1.82, 2.24) is 0 Å². The zero-order valence-electron chi connectivity index (χ0n) is 12.9. The number of hydrogen-bond donors (Lipinski definition) is 1. The molecule has 22 heavy (non-hydrogen) atoms. The number of amides is 1. The molecule has 1 aromatic heterocycles. The molecule has 5 nitrogen and oxygen atoms in total. The minimum Gasteiger partial charge on any atom is -0.456 e. The average Bonchev–Trinajstić information content (AvgIpc) is 2.88. The summed E-state index contributed by atoms with van der Waals surface area (Å²) in [7, 11) is 0. The number of nitrogens with zero attached hydrogens (tertiary/aromatic N) is 1. The van der Waals surface area contributed by atoms with E-state index in [9.17, 15) is 4.79 Å². The van der Waals surface area contributed by atoms with Crippen molar-refractivity contribution in [2.45, 2.75) is 13.8 Å². The number of ether oxygens (including phenoxy) is 1. The Kier molecular flexibility index (Phi) is 4.15. The van der Waals surface area contributed by atoms with E-state index in [1.165, 1.54) is 0 Å². The number of morpholine rings is 1. The van der Waals surface area contributed by atoms with Gasteiger partial charge in [-0.25, -0.2) is 0 Å². The molecule has 1 aliphatic heterocycles. The van der Waals surface area contributed by atoms with Crippen LogP contribution in [0, 0.1) is 13.8 Å². The molecule has 2 heterocycles. The summed E-state index contributed by atoms with van der Waals surface area (Å²) in [4.78, 5) is 14.6. The fraction of sp³-hybridized carbons (Fsp3) is 0.353. The minimum atomic E-state index is -0.225. The van der Waals surface area contributed by atoms with E-state index in [4.69, 9.17) is 9.15 Å². The topological polar surface area (TPSA) is 54.7 Å². The van der Waals surface area contributed by atoms with Crippen LogP contribution < -0.4 is 10.2 Å². The number of carbonyl (C=O) groups excluding carboxylic acids is 1. The number of anilines is 2. The second-order valence-electron chi connectivity index (χ2n) is 5.42. The van der Waals surface area contributed by atoms with Crippen molar-refractivity contribution in [3.05, 3.63) is 47.4 Å². The normalized spacial score (nSPS) is 14.9. The van der Waals surface area contributed by atoms with Gasteiger partial charge in [-0.15, -0.1) is 0 Å². The molecule has 1 aliphatic rings. The lowest BCUT2D eigenvalue weighted by Gasteiger charge is -2.30. The third-order valence-corrected chi connectivity index (χ3v) is 3.89. The van der Waals surface area contributed by atoms with Gasteiger partial charge in [-0.3, -0.25) is 4.79 Å². The number of carbonyl (C=O) groups is 1. The first-order valence-corrected chi connectivity index (χ1v) is 7.45. The van der Waals surface area contributed by atoms with Crippen molar-refractivity contribution in [2.24, 2.45) is 0 Å². The minimum absolute atomic E-state index is 0.225. The molecule has 0 spiro atoms. The first-order chi connectivity index (χ1) is 10.6. The van der Waals surface area contributed by atoms with Gasteiger partial charge in [0.15, 0.2) is 5.76 Å². The predicted octanol–water partition coefficient (Wildman–Crippen LogP) is 2.99. The highest BCUT2D eigenvalue weighted by atomic mass is 16.5. The van der Waals surface area contributed by atoms with Gasteiger partial charge < -0.3 is 19.4 Å². The molecule has 1 aromatic carbocycles. The number of hydrogen-bond acceptors (Lipinski definition) is 4. The number of benzene rings is 1. The van der Waals surface area contributed by atoms with Gasteiger partial charge in [0.05, 0.1) is 24.6 Å². The van der Waals surface area contributed by atoms with Gasteiger partial charge in [0.1, 0.15) is 5.76 Å². The van der Waals surface area contributed by atoms with E-state index >= 15 is 0 Å². The number of nitrogens with one attached hydrogen (secondary N) is 1. The highest BCUT2D eigenvalue weighted by molar-refractivity contribution is 6.04. The maximum atomic E-state index is 12.4. The van der Waals surface area contributed by atoms with Crippen LogP contribution in [0.2, 0.25) is 0 Å². The van der Waals surface area contributed by atoms with Crippen LogP contribution in [0.15, 0.2) is 34.7 Å². The molecule has 1 amide bonds. The van der Waals surface area contributed by atoms with Crippen molar-refractivity contribution in [2.75, 3.05) is 36.5 Å². The third kappa shape index (κ3) is 2.99. The molecule has 116 valence electrons. The lowest BCUT2D eigenvalue weighted by atomic mass is 10.2. The van der Waals surface area contributed by atoms with E-state index in [-0.39, 0.29) is 5.91 Å². The molecule has 2 aromatic rings. The summed E-state index contributed by atoms with van der Waals surface area (Å²) in [6.45, 7) is 6.85. The van der Waals surface area contributed by atoms with E-state index in [1.807, 2.05) is 38.1 Å². The van der Waals surface area contributed by atoms with Crippen LogP contribution in [0.3, 0.4) is 0 Å². The monoisotopic (exact) mass is 300 g/mol. The third-order valence-electron chi connectivity index (χ3n) is 3.89. The second kappa shape index (κ2) is 6.23. The van der Waals surface area contributed by atoms with Gasteiger partial charge in [0.2, 0.25) is 0 Å². The summed E-state index contributed by atoms with van der Waals surface area (Å²) in [5.41, 5.74) is 2.78. The molecular weight excluding hydrogens is 280 g/mol. The number of furan rings is 1. The van der Waals surface area contributed by atoms with E-state index < -0.39 is 0 Å². The van der Waals surface area contributed by atoms with Crippen LogP contribution in [0.1, 0.15) is 21.9 Å².